The van der Waals surface area contributed by atoms with Crippen LogP contribution in [0.3, 0.4) is 0 Å². The molecule has 0 spiro atoms. The molecule has 0 saturated heterocycles. The third-order valence-electron chi connectivity index (χ3n) is 8.18. The lowest BCUT2D eigenvalue weighted by atomic mass is 9.76. The predicted molar refractivity (Wildman–Crippen MR) is 202 cm³/mol. The van der Waals surface area contributed by atoms with E-state index in [9.17, 15) is 36.0 Å². The average Bonchev–Trinajstić information content (AvgIpc) is 3.44. The summed E-state index contributed by atoms with van der Waals surface area (Å²) >= 11 is 0. The number of rotatable bonds is 17. The first kappa shape index (κ1) is 45.9. The summed E-state index contributed by atoms with van der Waals surface area (Å²) in [7, 11) is -7.45. The standard InChI is InChI=1S/C37H61N3O11S2/c1-34(2,3)49-27-16-14-25(15-17-27)22-29(32(43)51-36(7,8)9)39-33(44)37(19-12-13-20-37)23-26(31(42)50-35(4,5)6)24-38-30(41)28(40-53(11,47)48)18-21-52(10,45)46/h14-17,26,28-29,40H,12-13,18-24H2,1-11H3,(H,38,41)(H,39,44)/t26?,28?,29-/m0/s1. The summed E-state index contributed by atoms with van der Waals surface area (Å²) < 4.78 is 67.1. The molecule has 1 aliphatic rings. The highest BCUT2D eigenvalue weighted by atomic mass is 32.2. The van der Waals surface area contributed by atoms with E-state index >= 15 is 0 Å². The lowest BCUT2D eigenvalue weighted by molar-refractivity contribution is -0.163. The molecule has 3 N–H and O–H groups in total. The molecular formula is C37H61N3O11S2. The topological polar surface area (TPSA) is 200 Å². The summed E-state index contributed by atoms with van der Waals surface area (Å²) in [5, 5.41) is 5.53. The molecule has 1 saturated carbocycles. The molecule has 0 radical (unpaired) electrons. The molecule has 0 heterocycles. The number of nitrogens with one attached hydrogen (secondary N) is 3. The van der Waals surface area contributed by atoms with Crippen molar-refractivity contribution in [3.05, 3.63) is 29.8 Å². The Morgan fingerprint density at radius 3 is 1.77 bits per heavy atom. The molecular weight excluding hydrogens is 727 g/mol. The van der Waals surface area contributed by atoms with Crippen LogP contribution >= 0.6 is 0 Å². The molecule has 2 rings (SSSR count). The summed E-state index contributed by atoms with van der Waals surface area (Å²) in [4.78, 5) is 54.8. The largest absolute Gasteiger partial charge is 0.488 e. The first-order valence-corrected chi connectivity index (χ1v) is 21.9. The number of ether oxygens (including phenoxy) is 3. The predicted octanol–water partition coefficient (Wildman–Crippen LogP) is 3.61. The highest BCUT2D eigenvalue weighted by Gasteiger charge is 2.46. The van der Waals surface area contributed by atoms with Crippen molar-refractivity contribution in [2.45, 2.75) is 136 Å². The smallest absolute Gasteiger partial charge is 0.329 e. The van der Waals surface area contributed by atoms with Gasteiger partial charge in [0.1, 0.15) is 44.5 Å². The monoisotopic (exact) mass is 787 g/mol. The number of carbonyl (C=O) groups is 4. The third kappa shape index (κ3) is 17.6. The van der Waals surface area contributed by atoms with Crippen LogP contribution in [0.1, 0.15) is 106 Å². The second-order valence-corrected chi connectivity index (χ2v) is 21.2. The van der Waals surface area contributed by atoms with E-state index in [2.05, 4.69) is 15.4 Å². The highest BCUT2D eigenvalue weighted by molar-refractivity contribution is 7.90. The van der Waals surface area contributed by atoms with Gasteiger partial charge in [-0.2, -0.15) is 0 Å². The Labute approximate surface area is 316 Å². The van der Waals surface area contributed by atoms with E-state index < -0.39 is 89.6 Å². The summed E-state index contributed by atoms with van der Waals surface area (Å²) in [6.07, 6.45) is 3.73. The van der Waals surface area contributed by atoms with Gasteiger partial charge in [-0.25, -0.2) is 26.4 Å². The van der Waals surface area contributed by atoms with Crippen molar-refractivity contribution in [2.24, 2.45) is 11.3 Å². The van der Waals surface area contributed by atoms with Crippen LogP contribution in [0, 0.1) is 11.3 Å². The van der Waals surface area contributed by atoms with Gasteiger partial charge in [-0.15, -0.1) is 0 Å². The molecule has 1 aromatic carbocycles. The van der Waals surface area contributed by atoms with Crippen LogP contribution in [0.4, 0.5) is 0 Å². The van der Waals surface area contributed by atoms with Gasteiger partial charge in [-0.05, 0) is 106 Å². The number of sulfone groups is 1. The number of benzene rings is 1. The normalized spacial score (nSPS) is 16.9. The molecule has 0 aromatic heterocycles. The zero-order valence-corrected chi connectivity index (χ0v) is 34.8. The number of sulfonamides is 1. The Hall–Kier alpha value is -3.24. The summed E-state index contributed by atoms with van der Waals surface area (Å²) in [5.41, 5.74) is -2.50. The van der Waals surface area contributed by atoms with Gasteiger partial charge in [0, 0.05) is 19.2 Å². The number of hydrogen-bond acceptors (Lipinski definition) is 11. The summed E-state index contributed by atoms with van der Waals surface area (Å²) in [6, 6.07) is 4.74. The fourth-order valence-electron chi connectivity index (χ4n) is 6.01. The molecule has 2 amide bonds. The Morgan fingerprint density at radius 2 is 1.30 bits per heavy atom. The number of amides is 2. The lowest BCUT2D eigenvalue weighted by Gasteiger charge is -2.34. The SMILES string of the molecule is CC(C)(C)OC(=O)C(CNC(=O)C(CCS(C)(=O)=O)NS(C)(=O)=O)CC1(C(=O)N[C@@H](Cc2ccc(OC(C)(C)C)cc2)C(=O)OC(C)(C)C)CCCC1. The van der Waals surface area contributed by atoms with E-state index in [0.29, 0.717) is 31.4 Å². The highest BCUT2D eigenvalue weighted by Crippen LogP contribution is 2.44. The van der Waals surface area contributed by atoms with E-state index in [0.717, 1.165) is 18.1 Å². The molecule has 53 heavy (non-hydrogen) atoms. The molecule has 1 aromatic rings. The van der Waals surface area contributed by atoms with Crippen LogP contribution in [-0.2, 0) is 54.9 Å². The molecule has 1 fully saturated rings. The molecule has 0 aliphatic heterocycles. The van der Waals surface area contributed by atoms with Gasteiger partial charge in [-0.1, -0.05) is 25.0 Å². The van der Waals surface area contributed by atoms with E-state index in [1.165, 1.54) is 0 Å². The van der Waals surface area contributed by atoms with Crippen LogP contribution in [0.2, 0.25) is 0 Å². The average molecular weight is 788 g/mol. The van der Waals surface area contributed by atoms with Crippen LogP contribution in [-0.4, -0.2) is 94.3 Å². The Kier molecular flexibility index (Phi) is 15.5. The van der Waals surface area contributed by atoms with Crippen molar-refractivity contribution in [1.82, 2.24) is 15.4 Å². The molecule has 14 nitrogen and oxygen atoms in total. The van der Waals surface area contributed by atoms with Gasteiger partial charge >= 0.3 is 11.9 Å². The summed E-state index contributed by atoms with van der Waals surface area (Å²) in [5.74, 6) is -3.43. The third-order valence-corrected chi connectivity index (χ3v) is 9.87. The molecule has 0 bridgehead atoms. The molecule has 302 valence electrons. The van der Waals surface area contributed by atoms with E-state index in [4.69, 9.17) is 14.2 Å². The minimum absolute atomic E-state index is 0.0403. The van der Waals surface area contributed by atoms with Crippen LogP contribution in [0.25, 0.3) is 0 Å². The minimum Gasteiger partial charge on any atom is -0.488 e. The maximum absolute atomic E-state index is 14.4. The van der Waals surface area contributed by atoms with Gasteiger partial charge in [0.15, 0.2) is 0 Å². The van der Waals surface area contributed by atoms with Crippen molar-refractivity contribution in [1.29, 1.82) is 0 Å². The van der Waals surface area contributed by atoms with Gasteiger partial charge in [0.05, 0.1) is 23.3 Å². The second kappa shape index (κ2) is 17.9. The van der Waals surface area contributed by atoms with Gasteiger partial charge < -0.3 is 24.8 Å². The fraction of sp³-hybridized carbons (Fsp3) is 0.730. The van der Waals surface area contributed by atoms with Crippen molar-refractivity contribution >= 4 is 43.6 Å². The lowest BCUT2D eigenvalue weighted by Crippen LogP contribution is -2.52. The number of esters is 2. The van der Waals surface area contributed by atoms with Crippen LogP contribution in [0.5, 0.6) is 5.75 Å². The van der Waals surface area contributed by atoms with Gasteiger partial charge in [0.2, 0.25) is 21.8 Å². The number of hydrogen-bond donors (Lipinski definition) is 3. The molecule has 2 unspecified atom stereocenters. The first-order valence-electron chi connectivity index (χ1n) is 17.9. The van der Waals surface area contributed by atoms with E-state index in [1.807, 2.05) is 32.9 Å². The van der Waals surface area contributed by atoms with Crippen molar-refractivity contribution in [3.8, 4) is 5.75 Å². The first-order chi connectivity index (χ1) is 24.0. The van der Waals surface area contributed by atoms with Gasteiger partial charge in [-0.3, -0.25) is 14.4 Å². The fourth-order valence-corrected chi connectivity index (χ4v) is 7.42. The Bertz CT molecular complexity index is 1650. The minimum atomic E-state index is -3.91. The van der Waals surface area contributed by atoms with Crippen molar-refractivity contribution < 1.29 is 50.2 Å². The zero-order chi connectivity index (χ0) is 40.6. The maximum atomic E-state index is 14.4. The zero-order valence-electron chi connectivity index (χ0n) is 33.2. The van der Waals surface area contributed by atoms with Crippen LogP contribution < -0.4 is 20.1 Å². The van der Waals surface area contributed by atoms with Crippen molar-refractivity contribution in [3.63, 3.8) is 0 Å². The summed E-state index contributed by atoms with van der Waals surface area (Å²) in [6.45, 7) is 15.7. The Balaban J connectivity index is 2.41. The van der Waals surface area contributed by atoms with Gasteiger partial charge in [0.25, 0.3) is 0 Å². The van der Waals surface area contributed by atoms with E-state index in [1.54, 1.807) is 53.7 Å². The quantitative estimate of drug-likeness (QED) is 0.195. The number of carbonyl (C=O) groups excluding carboxylic acids is 4. The van der Waals surface area contributed by atoms with Crippen LogP contribution in [0.15, 0.2) is 24.3 Å². The second-order valence-electron chi connectivity index (χ2n) is 17.2. The molecule has 3 atom stereocenters. The Morgan fingerprint density at radius 1 is 0.774 bits per heavy atom. The molecule has 1 aliphatic carbocycles. The van der Waals surface area contributed by atoms with Crippen molar-refractivity contribution in [2.75, 3.05) is 24.8 Å². The maximum Gasteiger partial charge on any atom is 0.329 e. The van der Waals surface area contributed by atoms with E-state index in [-0.39, 0.29) is 25.8 Å². The molecule has 16 heteroatoms.